The van der Waals surface area contributed by atoms with Gasteiger partial charge in [-0.15, -0.1) is 0 Å². The summed E-state index contributed by atoms with van der Waals surface area (Å²) in [6.45, 7) is 5.06. The molecule has 18 heavy (non-hydrogen) atoms. The topological polar surface area (TPSA) is 67.8 Å². The summed E-state index contributed by atoms with van der Waals surface area (Å²) < 4.78 is 11.1. The molecule has 0 aromatic heterocycles. The summed E-state index contributed by atoms with van der Waals surface area (Å²) in [7, 11) is 1.71. The molecule has 1 aliphatic carbocycles. The van der Waals surface area contributed by atoms with Gasteiger partial charge >= 0.3 is 5.97 Å². The van der Waals surface area contributed by atoms with Crippen LogP contribution in [0.4, 0.5) is 0 Å². The smallest absolute Gasteiger partial charge is 0.323 e. The first-order valence-corrected chi connectivity index (χ1v) is 6.65. The number of carboxylic acids is 1. The molecule has 0 radical (unpaired) electrons. The number of ether oxygens (including phenoxy) is 2. The van der Waals surface area contributed by atoms with E-state index in [2.05, 4.69) is 5.32 Å². The van der Waals surface area contributed by atoms with Gasteiger partial charge in [-0.3, -0.25) is 4.79 Å². The van der Waals surface area contributed by atoms with Gasteiger partial charge in [-0.2, -0.15) is 0 Å². The van der Waals surface area contributed by atoms with Crippen LogP contribution in [0.25, 0.3) is 0 Å². The van der Waals surface area contributed by atoms with Crippen molar-refractivity contribution in [3.8, 4) is 0 Å². The lowest BCUT2D eigenvalue weighted by atomic mass is 9.80. The predicted molar refractivity (Wildman–Crippen MR) is 68.7 cm³/mol. The van der Waals surface area contributed by atoms with Crippen LogP contribution in [0.5, 0.6) is 0 Å². The zero-order chi connectivity index (χ0) is 13.6. The van der Waals surface area contributed by atoms with Gasteiger partial charge in [0.05, 0.1) is 25.4 Å². The van der Waals surface area contributed by atoms with Crippen LogP contribution >= 0.6 is 0 Å². The number of hydrogen-bond donors (Lipinski definition) is 2. The lowest BCUT2D eigenvalue weighted by Crippen LogP contribution is -2.54. The standard InChI is InChI=1S/C13H25NO4/c1-10(2)17-7-8-18-11-5-4-6-13(9-11,14-3)12(15)16/h10-11,14H,4-9H2,1-3H3,(H,15,16). The van der Waals surface area contributed by atoms with Gasteiger partial charge in [0.2, 0.25) is 0 Å². The van der Waals surface area contributed by atoms with Crippen molar-refractivity contribution in [2.75, 3.05) is 20.3 Å². The van der Waals surface area contributed by atoms with E-state index in [1.807, 2.05) is 13.8 Å². The number of rotatable bonds is 7. The van der Waals surface area contributed by atoms with E-state index in [0.29, 0.717) is 26.1 Å². The third-order valence-electron chi connectivity index (χ3n) is 3.48. The van der Waals surface area contributed by atoms with E-state index in [0.717, 1.165) is 12.8 Å². The van der Waals surface area contributed by atoms with Crippen molar-refractivity contribution in [3.63, 3.8) is 0 Å². The van der Waals surface area contributed by atoms with Crippen LogP contribution < -0.4 is 5.32 Å². The SMILES string of the molecule is CNC1(C(=O)O)CCCC(OCCOC(C)C)C1. The summed E-state index contributed by atoms with van der Waals surface area (Å²) in [5.74, 6) is -0.781. The first-order chi connectivity index (χ1) is 8.50. The lowest BCUT2D eigenvalue weighted by molar-refractivity contribution is -0.149. The molecule has 0 aliphatic heterocycles. The van der Waals surface area contributed by atoms with Gasteiger partial charge in [-0.05, 0) is 40.2 Å². The Kier molecular flexibility index (Phi) is 6.05. The van der Waals surface area contributed by atoms with E-state index in [4.69, 9.17) is 9.47 Å². The molecule has 0 heterocycles. The van der Waals surface area contributed by atoms with E-state index >= 15 is 0 Å². The molecule has 2 N–H and O–H groups in total. The van der Waals surface area contributed by atoms with Crippen LogP contribution in [-0.2, 0) is 14.3 Å². The Bertz CT molecular complexity index is 270. The van der Waals surface area contributed by atoms with Crippen LogP contribution in [0.1, 0.15) is 39.5 Å². The van der Waals surface area contributed by atoms with Gasteiger partial charge in [0.15, 0.2) is 0 Å². The highest BCUT2D eigenvalue weighted by Crippen LogP contribution is 2.30. The Morgan fingerprint density at radius 2 is 2.22 bits per heavy atom. The molecular formula is C13H25NO4. The van der Waals surface area contributed by atoms with E-state index in [1.165, 1.54) is 0 Å². The van der Waals surface area contributed by atoms with Gasteiger partial charge in [-0.25, -0.2) is 0 Å². The van der Waals surface area contributed by atoms with E-state index < -0.39 is 11.5 Å². The highest BCUT2D eigenvalue weighted by atomic mass is 16.5. The first kappa shape index (κ1) is 15.4. The van der Waals surface area contributed by atoms with Crippen LogP contribution in [-0.4, -0.2) is 49.1 Å². The van der Waals surface area contributed by atoms with Gasteiger partial charge in [0.25, 0.3) is 0 Å². The molecule has 2 atom stereocenters. The van der Waals surface area contributed by atoms with Gasteiger partial charge in [-0.1, -0.05) is 0 Å². The van der Waals surface area contributed by atoms with Crippen LogP contribution in [0.15, 0.2) is 0 Å². The molecule has 1 fully saturated rings. The molecule has 1 saturated carbocycles. The van der Waals surface area contributed by atoms with Crippen molar-refractivity contribution < 1.29 is 19.4 Å². The highest BCUT2D eigenvalue weighted by Gasteiger charge is 2.41. The summed E-state index contributed by atoms with van der Waals surface area (Å²) in [6, 6.07) is 0. The number of aliphatic carboxylic acids is 1. The summed E-state index contributed by atoms with van der Waals surface area (Å²) in [5, 5.41) is 12.3. The maximum absolute atomic E-state index is 11.3. The fraction of sp³-hybridized carbons (Fsp3) is 0.923. The number of hydrogen-bond acceptors (Lipinski definition) is 4. The Morgan fingerprint density at radius 3 is 2.78 bits per heavy atom. The van der Waals surface area contributed by atoms with E-state index in [1.54, 1.807) is 7.05 Å². The zero-order valence-electron chi connectivity index (χ0n) is 11.6. The summed E-state index contributed by atoms with van der Waals surface area (Å²) in [6.07, 6.45) is 3.22. The molecule has 2 unspecified atom stereocenters. The number of carboxylic acid groups (broad SMARTS) is 1. The molecular weight excluding hydrogens is 234 g/mol. The van der Waals surface area contributed by atoms with Crippen molar-refractivity contribution in [1.29, 1.82) is 0 Å². The van der Waals surface area contributed by atoms with Crippen LogP contribution in [0, 0.1) is 0 Å². The molecule has 0 bridgehead atoms. The predicted octanol–water partition coefficient (Wildman–Crippen LogP) is 1.41. The minimum absolute atomic E-state index is 0.0121. The van der Waals surface area contributed by atoms with Crippen molar-refractivity contribution in [3.05, 3.63) is 0 Å². The maximum Gasteiger partial charge on any atom is 0.323 e. The normalized spacial score (nSPS) is 28.6. The van der Waals surface area contributed by atoms with Crippen LogP contribution in [0.3, 0.4) is 0 Å². The summed E-state index contributed by atoms with van der Waals surface area (Å²) in [4.78, 5) is 11.3. The fourth-order valence-corrected chi connectivity index (χ4v) is 2.39. The lowest BCUT2D eigenvalue weighted by Gasteiger charge is -2.37. The highest BCUT2D eigenvalue weighted by molar-refractivity contribution is 5.79. The third kappa shape index (κ3) is 4.23. The van der Waals surface area contributed by atoms with Crippen molar-refractivity contribution in [2.45, 2.75) is 57.3 Å². The monoisotopic (exact) mass is 259 g/mol. The number of nitrogens with one attached hydrogen (secondary N) is 1. The Labute approximate surface area is 109 Å². The second kappa shape index (κ2) is 7.07. The second-order valence-corrected chi connectivity index (χ2v) is 5.15. The Balaban J connectivity index is 2.37. The van der Waals surface area contributed by atoms with E-state index in [-0.39, 0.29) is 12.2 Å². The largest absolute Gasteiger partial charge is 0.480 e. The quantitative estimate of drug-likeness (QED) is 0.677. The molecule has 0 amide bonds. The molecule has 5 nitrogen and oxygen atoms in total. The molecule has 1 rings (SSSR count). The second-order valence-electron chi connectivity index (χ2n) is 5.15. The summed E-state index contributed by atoms with van der Waals surface area (Å²) >= 11 is 0. The molecule has 0 aromatic carbocycles. The zero-order valence-corrected chi connectivity index (χ0v) is 11.6. The van der Waals surface area contributed by atoms with Gasteiger partial charge < -0.3 is 19.9 Å². The third-order valence-corrected chi connectivity index (χ3v) is 3.48. The molecule has 106 valence electrons. The number of likely N-dealkylation sites (N-methyl/N-ethyl adjacent to an activating group) is 1. The Hall–Kier alpha value is -0.650. The van der Waals surface area contributed by atoms with Crippen molar-refractivity contribution in [1.82, 2.24) is 5.32 Å². The average Bonchev–Trinajstić information content (AvgIpc) is 2.34. The molecule has 0 spiro atoms. The fourth-order valence-electron chi connectivity index (χ4n) is 2.39. The van der Waals surface area contributed by atoms with Crippen LogP contribution in [0.2, 0.25) is 0 Å². The first-order valence-electron chi connectivity index (χ1n) is 6.65. The molecule has 0 saturated heterocycles. The maximum atomic E-state index is 11.3. The minimum Gasteiger partial charge on any atom is -0.480 e. The van der Waals surface area contributed by atoms with Crippen molar-refractivity contribution >= 4 is 5.97 Å². The summed E-state index contributed by atoms with van der Waals surface area (Å²) in [5.41, 5.74) is -0.818. The van der Waals surface area contributed by atoms with Gasteiger partial charge in [0.1, 0.15) is 5.54 Å². The molecule has 1 aliphatic rings. The van der Waals surface area contributed by atoms with E-state index in [9.17, 15) is 9.90 Å². The van der Waals surface area contributed by atoms with Gasteiger partial charge in [0, 0.05) is 6.42 Å². The van der Waals surface area contributed by atoms with Crippen molar-refractivity contribution in [2.24, 2.45) is 0 Å². The molecule has 0 aromatic rings. The molecule has 5 heteroatoms. The Morgan fingerprint density at radius 1 is 1.50 bits per heavy atom. The average molecular weight is 259 g/mol. The number of carbonyl (C=O) groups is 1. The minimum atomic E-state index is -0.818.